The normalized spacial score (nSPS) is 12.9. The van der Waals surface area contributed by atoms with Crippen molar-refractivity contribution in [2.45, 2.75) is 5.41 Å². The summed E-state index contributed by atoms with van der Waals surface area (Å²) in [7, 11) is 0. The Labute approximate surface area is 366 Å². The fourth-order valence-electron chi connectivity index (χ4n) is 10.8. The van der Waals surface area contributed by atoms with Crippen molar-refractivity contribution in [3.63, 3.8) is 0 Å². The molecule has 2 heteroatoms. The molecule has 294 valence electrons. The van der Waals surface area contributed by atoms with Crippen LogP contribution in [0.15, 0.2) is 241 Å². The summed E-state index contributed by atoms with van der Waals surface area (Å²) < 4.78 is 6.87. The van der Waals surface area contributed by atoms with E-state index in [1.54, 1.807) is 0 Å². The molecule has 0 radical (unpaired) electrons. The smallest absolute Gasteiger partial charge is 0.136 e. The molecule has 0 saturated carbocycles. The predicted octanol–water partition coefficient (Wildman–Crippen LogP) is 16.4. The van der Waals surface area contributed by atoms with E-state index in [4.69, 9.17) is 4.42 Å². The van der Waals surface area contributed by atoms with Gasteiger partial charge in [0.2, 0.25) is 0 Å². The lowest BCUT2D eigenvalue weighted by molar-refractivity contribution is 0.666. The lowest BCUT2D eigenvalue weighted by Gasteiger charge is -2.31. The molecule has 11 aromatic rings. The number of anilines is 3. The van der Waals surface area contributed by atoms with Crippen molar-refractivity contribution in [2.24, 2.45) is 0 Å². The van der Waals surface area contributed by atoms with Crippen molar-refractivity contribution in [1.29, 1.82) is 0 Å². The Balaban J connectivity index is 1.11. The molecule has 0 bridgehead atoms. The van der Waals surface area contributed by atoms with Gasteiger partial charge in [0.25, 0.3) is 0 Å². The largest absolute Gasteiger partial charge is 0.456 e. The molecule has 1 spiro atoms. The Bertz CT molecular complexity index is 3400. The topological polar surface area (TPSA) is 16.4 Å². The van der Waals surface area contributed by atoms with E-state index in [1.165, 1.54) is 77.9 Å². The molecule has 2 aliphatic carbocycles. The van der Waals surface area contributed by atoms with Crippen LogP contribution < -0.4 is 4.90 Å². The van der Waals surface area contributed by atoms with Gasteiger partial charge < -0.3 is 9.32 Å². The lowest BCUT2D eigenvalue weighted by atomic mass is 9.70. The molecular formula is C61H39NO. The molecule has 2 nitrogen and oxygen atoms in total. The Morgan fingerprint density at radius 1 is 0.302 bits per heavy atom. The van der Waals surface area contributed by atoms with E-state index in [-0.39, 0.29) is 0 Å². The van der Waals surface area contributed by atoms with Crippen molar-refractivity contribution >= 4 is 39.0 Å². The van der Waals surface area contributed by atoms with Crippen LogP contribution in [0.4, 0.5) is 17.1 Å². The minimum Gasteiger partial charge on any atom is -0.456 e. The van der Waals surface area contributed by atoms with Crippen LogP contribution in [-0.4, -0.2) is 0 Å². The van der Waals surface area contributed by atoms with Crippen LogP contribution in [0.25, 0.3) is 77.6 Å². The highest BCUT2D eigenvalue weighted by Crippen LogP contribution is 2.66. The van der Waals surface area contributed by atoms with E-state index >= 15 is 0 Å². The van der Waals surface area contributed by atoms with Crippen LogP contribution in [0.2, 0.25) is 0 Å². The standard InChI is InChI=1S/C61H39NO/c1-4-16-40(17-5-1)42-28-32-45(33-29-42)62(46-34-30-43(31-35-46)41-18-6-2-7-19-41)47-36-37-54-51(38-47)59-55(61(54)52-25-13-10-22-48(52)49-23-11-14-26-53(49)61)39-57-60(50-24-12-15-27-56(50)63-57)58(59)44-20-8-3-9-21-44/h1-39H. The molecular weight excluding hydrogens is 763 g/mol. The van der Waals surface area contributed by atoms with Crippen LogP contribution in [0.1, 0.15) is 22.3 Å². The van der Waals surface area contributed by atoms with E-state index in [9.17, 15) is 0 Å². The van der Waals surface area contributed by atoms with Crippen molar-refractivity contribution < 1.29 is 4.42 Å². The van der Waals surface area contributed by atoms with Gasteiger partial charge in [0.05, 0.1) is 5.41 Å². The zero-order valence-electron chi connectivity index (χ0n) is 34.4. The van der Waals surface area contributed by atoms with Crippen LogP contribution in [0.3, 0.4) is 0 Å². The zero-order valence-corrected chi connectivity index (χ0v) is 34.4. The van der Waals surface area contributed by atoms with Crippen LogP contribution in [-0.2, 0) is 5.41 Å². The van der Waals surface area contributed by atoms with E-state index in [1.807, 2.05) is 0 Å². The first-order valence-corrected chi connectivity index (χ1v) is 21.8. The minimum atomic E-state index is -0.563. The van der Waals surface area contributed by atoms with Crippen LogP contribution >= 0.6 is 0 Å². The van der Waals surface area contributed by atoms with Crippen molar-refractivity contribution in [3.05, 3.63) is 259 Å². The monoisotopic (exact) mass is 801 g/mol. The highest BCUT2D eigenvalue weighted by atomic mass is 16.3. The SMILES string of the molecule is c1ccc(-c2ccc(N(c3ccc(-c4ccccc4)cc3)c3ccc4c(c3)-c3c(cc5oc6ccccc6c5c3-c3ccccc3)C43c4ccccc4-c4ccccc43)cc2)cc1. The highest BCUT2D eigenvalue weighted by molar-refractivity contribution is 6.18. The third-order valence-corrected chi connectivity index (χ3v) is 13.5. The van der Waals surface area contributed by atoms with Crippen molar-refractivity contribution in [1.82, 2.24) is 0 Å². The summed E-state index contributed by atoms with van der Waals surface area (Å²) in [4.78, 5) is 2.42. The van der Waals surface area contributed by atoms with Crippen LogP contribution in [0.5, 0.6) is 0 Å². The van der Waals surface area contributed by atoms with E-state index in [0.29, 0.717) is 0 Å². The molecule has 1 aromatic heterocycles. The van der Waals surface area contributed by atoms with Gasteiger partial charge in [0.1, 0.15) is 11.2 Å². The van der Waals surface area contributed by atoms with Gasteiger partial charge >= 0.3 is 0 Å². The summed E-state index contributed by atoms with van der Waals surface area (Å²) in [6, 6.07) is 86.4. The first-order chi connectivity index (χ1) is 31.3. The minimum absolute atomic E-state index is 0.563. The summed E-state index contributed by atoms with van der Waals surface area (Å²) in [5.74, 6) is 0. The van der Waals surface area contributed by atoms with E-state index < -0.39 is 5.41 Å². The molecule has 0 unspecified atom stereocenters. The summed E-state index contributed by atoms with van der Waals surface area (Å²) >= 11 is 0. The molecule has 0 aliphatic heterocycles. The zero-order chi connectivity index (χ0) is 41.5. The molecule has 10 aromatic carbocycles. The summed E-state index contributed by atoms with van der Waals surface area (Å²) in [6.07, 6.45) is 0. The molecule has 1 heterocycles. The number of hydrogen-bond acceptors (Lipinski definition) is 2. The average molecular weight is 802 g/mol. The van der Waals surface area contributed by atoms with Gasteiger partial charge in [-0.3, -0.25) is 0 Å². The Kier molecular flexibility index (Phi) is 7.85. The average Bonchev–Trinajstić information content (AvgIpc) is 3.98. The lowest BCUT2D eigenvalue weighted by Crippen LogP contribution is -2.26. The number of furan rings is 1. The Morgan fingerprint density at radius 2 is 0.762 bits per heavy atom. The summed E-state index contributed by atoms with van der Waals surface area (Å²) in [6.45, 7) is 0. The van der Waals surface area contributed by atoms with Gasteiger partial charge in [-0.2, -0.15) is 0 Å². The summed E-state index contributed by atoms with van der Waals surface area (Å²) in [5.41, 5.74) is 21.8. The second-order valence-electron chi connectivity index (χ2n) is 16.7. The number of rotatable bonds is 6. The van der Waals surface area contributed by atoms with Gasteiger partial charge in [-0.05, 0) is 121 Å². The molecule has 13 rings (SSSR count). The van der Waals surface area contributed by atoms with Crippen molar-refractivity contribution in [3.8, 4) is 55.6 Å². The second-order valence-corrected chi connectivity index (χ2v) is 16.7. The van der Waals surface area contributed by atoms with Gasteiger partial charge in [0.15, 0.2) is 0 Å². The molecule has 0 saturated heterocycles. The maximum Gasteiger partial charge on any atom is 0.136 e. The second kappa shape index (κ2) is 13.9. The van der Waals surface area contributed by atoms with E-state index in [2.05, 4.69) is 241 Å². The number of benzene rings is 10. The van der Waals surface area contributed by atoms with Gasteiger partial charge in [-0.25, -0.2) is 0 Å². The first kappa shape index (κ1) is 35.5. The number of fused-ring (bicyclic) bond motifs is 13. The Morgan fingerprint density at radius 3 is 1.35 bits per heavy atom. The molecule has 0 fully saturated rings. The van der Waals surface area contributed by atoms with Crippen LogP contribution in [0, 0.1) is 0 Å². The van der Waals surface area contributed by atoms with Gasteiger partial charge in [-0.1, -0.05) is 188 Å². The summed E-state index contributed by atoms with van der Waals surface area (Å²) in [5, 5.41) is 2.27. The Hall–Kier alpha value is -8.20. The van der Waals surface area contributed by atoms with Gasteiger partial charge in [0, 0.05) is 33.4 Å². The van der Waals surface area contributed by atoms with E-state index in [0.717, 1.165) is 39.0 Å². The maximum absolute atomic E-state index is 6.87. The molecule has 63 heavy (non-hydrogen) atoms. The molecule has 0 N–H and O–H groups in total. The predicted molar refractivity (Wildman–Crippen MR) is 261 cm³/mol. The number of hydrogen-bond donors (Lipinski definition) is 0. The third-order valence-electron chi connectivity index (χ3n) is 13.5. The fourth-order valence-corrected chi connectivity index (χ4v) is 10.8. The number of para-hydroxylation sites is 1. The maximum atomic E-state index is 6.87. The highest BCUT2D eigenvalue weighted by Gasteiger charge is 2.53. The molecule has 2 aliphatic rings. The molecule has 0 amide bonds. The number of nitrogens with zero attached hydrogens (tertiary/aromatic N) is 1. The van der Waals surface area contributed by atoms with Crippen molar-refractivity contribution in [2.75, 3.05) is 4.90 Å². The molecule has 0 atom stereocenters. The third kappa shape index (κ3) is 5.25. The quantitative estimate of drug-likeness (QED) is 0.167. The van der Waals surface area contributed by atoms with Gasteiger partial charge in [-0.15, -0.1) is 0 Å². The fraction of sp³-hybridized carbons (Fsp3) is 0.0164. The first-order valence-electron chi connectivity index (χ1n) is 21.8.